The third-order valence-corrected chi connectivity index (χ3v) is 2.39. The average molecular weight is 252 g/mol. The van der Waals surface area contributed by atoms with Crippen LogP contribution in [0.1, 0.15) is 16.7 Å². The predicted octanol–water partition coefficient (Wildman–Crippen LogP) is 2.50. The zero-order chi connectivity index (χ0) is 13.7. The number of benzene rings is 1. The number of methoxy groups -OCH3 is 1. The molecule has 0 N–H and O–H groups in total. The first-order valence-corrected chi connectivity index (χ1v) is 5.43. The van der Waals surface area contributed by atoms with Crippen molar-refractivity contribution < 1.29 is 9.13 Å². The molecule has 0 unspecified atom stereocenters. The fourth-order valence-electron chi connectivity index (χ4n) is 1.43. The zero-order valence-corrected chi connectivity index (χ0v) is 10.1. The van der Waals surface area contributed by atoms with E-state index in [0.29, 0.717) is 16.9 Å². The summed E-state index contributed by atoms with van der Waals surface area (Å²) in [7, 11) is 1.55. The van der Waals surface area contributed by atoms with Gasteiger partial charge in [0.05, 0.1) is 18.9 Å². The molecule has 4 heteroatoms. The molecular formula is C15H9FN2O. The van der Waals surface area contributed by atoms with Crippen LogP contribution in [-0.4, -0.2) is 12.1 Å². The summed E-state index contributed by atoms with van der Waals surface area (Å²) in [5, 5.41) is 8.73. The maximum Gasteiger partial charge on any atom is 0.141 e. The van der Waals surface area contributed by atoms with Gasteiger partial charge < -0.3 is 4.74 Å². The molecule has 0 spiro atoms. The highest BCUT2D eigenvalue weighted by atomic mass is 19.1. The number of halogens is 1. The van der Waals surface area contributed by atoms with Gasteiger partial charge in [0.15, 0.2) is 0 Å². The van der Waals surface area contributed by atoms with Crippen molar-refractivity contribution in [3.63, 3.8) is 0 Å². The quantitative estimate of drug-likeness (QED) is 0.732. The van der Waals surface area contributed by atoms with E-state index in [9.17, 15) is 4.39 Å². The number of nitrogens with zero attached hydrogens (tertiary/aromatic N) is 2. The highest BCUT2D eigenvalue weighted by Gasteiger charge is 2.00. The van der Waals surface area contributed by atoms with E-state index in [4.69, 9.17) is 10.00 Å². The summed E-state index contributed by atoms with van der Waals surface area (Å²) < 4.78 is 18.2. The van der Waals surface area contributed by atoms with Crippen LogP contribution in [0.25, 0.3) is 0 Å². The summed E-state index contributed by atoms with van der Waals surface area (Å²) in [5.74, 6) is 5.80. The first-order chi connectivity index (χ1) is 9.22. The molecule has 2 rings (SSSR count). The lowest BCUT2D eigenvalue weighted by atomic mass is 10.1. The minimum Gasteiger partial charge on any atom is -0.495 e. The predicted molar refractivity (Wildman–Crippen MR) is 67.9 cm³/mol. The van der Waals surface area contributed by atoms with Gasteiger partial charge in [-0.25, -0.2) is 4.39 Å². The maximum atomic E-state index is 13.1. The third kappa shape index (κ3) is 3.08. The Kier molecular flexibility index (Phi) is 3.75. The first-order valence-electron chi connectivity index (χ1n) is 5.43. The van der Waals surface area contributed by atoms with Crippen molar-refractivity contribution in [2.24, 2.45) is 0 Å². The standard InChI is InChI=1S/C15H9FN2O/c1-19-14-7-12(9-18-10-14)3-2-11-4-5-15(16)13(6-11)8-17/h4-7,9-10H,1H3. The number of ether oxygens (including phenoxy) is 1. The third-order valence-electron chi connectivity index (χ3n) is 2.39. The van der Waals surface area contributed by atoms with Gasteiger partial charge in [0.2, 0.25) is 0 Å². The van der Waals surface area contributed by atoms with Gasteiger partial charge in [0.1, 0.15) is 17.6 Å². The highest BCUT2D eigenvalue weighted by Crippen LogP contribution is 2.11. The molecule has 0 saturated heterocycles. The van der Waals surface area contributed by atoms with Gasteiger partial charge >= 0.3 is 0 Å². The molecule has 2 aromatic rings. The van der Waals surface area contributed by atoms with Crippen LogP contribution in [0.3, 0.4) is 0 Å². The molecule has 0 saturated carbocycles. The summed E-state index contributed by atoms with van der Waals surface area (Å²) in [6.07, 6.45) is 3.18. The Morgan fingerprint density at radius 1 is 1.16 bits per heavy atom. The van der Waals surface area contributed by atoms with Gasteiger partial charge in [-0.2, -0.15) is 5.26 Å². The van der Waals surface area contributed by atoms with Gasteiger partial charge in [-0.3, -0.25) is 4.98 Å². The lowest BCUT2D eigenvalue weighted by Crippen LogP contribution is -1.87. The number of pyridine rings is 1. The molecular weight excluding hydrogens is 243 g/mol. The zero-order valence-electron chi connectivity index (χ0n) is 10.1. The lowest BCUT2D eigenvalue weighted by Gasteiger charge is -1.97. The number of nitriles is 1. The van der Waals surface area contributed by atoms with Gasteiger partial charge in [-0.05, 0) is 24.3 Å². The van der Waals surface area contributed by atoms with Crippen LogP contribution >= 0.6 is 0 Å². The van der Waals surface area contributed by atoms with Crippen LogP contribution in [0, 0.1) is 29.0 Å². The Morgan fingerprint density at radius 2 is 1.95 bits per heavy atom. The van der Waals surface area contributed by atoms with Crippen LogP contribution in [0.2, 0.25) is 0 Å². The van der Waals surface area contributed by atoms with E-state index in [1.165, 1.54) is 18.2 Å². The summed E-state index contributed by atoms with van der Waals surface area (Å²) in [6, 6.07) is 7.69. The van der Waals surface area contributed by atoms with E-state index in [2.05, 4.69) is 16.8 Å². The molecule has 1 aromatic carbocycles. The molecule has 0 aliphatic rings. The van der Waals surface area contributed by atoms with Crippen molar-refractivity contribution in [2.75, 3.05) is 7.11 Å². The Balaban J connectivity index is 2.31. The van der Waals surface area contributed by atoms with E-state index >= 15 is 0 Å². The molecule has 0 aliphatic heterocycles. The summed E-state index contributed by atoms with van der Waals surface area (Å²) in [4.78, 5) is 3.98. The van der Waals surface area contributed by atoms with E-state index < -0.39 is 5.82 Å². The molecule has 0 fully saturated rings. The van der Waals surface area contributed by atoms with Crippen molar-refractivity contribution in [3.8, 4) is 23.7 Å². The fourth-order valence-corrected chi connectivity index (χ4v) is 1.43. The van der Waals surface area contributed by atoms with Crippen molar-refractivity contribution in [1.29, 1.82) is 5.26 Å². The molecule has 1 aromatic heterocycles. The fraction of sp³-hybridized carbons (Fsp3) is 0.0667. The van der Waals surface area contributed by atoms with E-state index in [0.717, 1.165) is 0 Å². The van der Waals surface area contributed by atoms with Gasteiger partial charge in [-0.15, -0.1) is 0 Å². The van der Waals surface area contributed by atoms with Crippen LogP contribution in [0.5, 0.6) is 5.75 Å². The van der Waals surface area contributed by atoms with Crippen molar-refractivity contribution >= 4 is 0 Å². The smallest absolute Gasteiger partial charge is 0.141 e. The topological polar surface area (TPSA) is 45.9 Å². The van der Waals surface area contributed by atoms with Gasteiger partial charge in [-0.1, -0.05) is 11.8 Å². The monoisotopic (exact) mass is 252 g/mol. The average Bonchev–Trinajstić information content (AvgIpc) is 2.46. The van der Waals surface area contributed by atoms with E-state index in [1.54, 1.807) is 31.6 Å². The summed E-state index contributed by atoms with van der Waals surface area (Å²) >= 11 is 0. The number of aromatic nitrogens is 1. The normalized spacial score (nSPS) is 9.11. The van der Waals surface area contributed by atoms with Gasteiger partial charge in [0, 0.05) is 17.3 Å². The number of hydrogen-bond donors (Lipinski definition) is 0. The summed E-state index contributed by atoms with van der Waals surface area (Å²) in [5.41, 5.74) is 1.23. The second-order valence-corrected chi connectivity index (χ2v) is 3.67. The molecule has 0 aliphatic carbocycles. The Hall–Kier alpha value is -2.85. The van der Waals surface area contributed by atoms with Crippen LogP contribution in [-0.2, 0) is 0 Å². The van der Waals surface area contributed by atoms with Crippen molar-refractivity contribution in [3.05, 3.63) is 59.2 Å². The van der Waals surface area contributed by atoms with Crippen LogP contribution < -0.4 is 4.74 Å². The van der Waals surface area contributed by atoms with Crippen LogP contribution in [0.15, 0.2) is 36.7 Å². The molecule has 19 heavy (non-hydrogen) atoms. The summed E-state index contributed by atoms with van der Waals surface area (Å²) in [6.45, 7) is 0. The second-order valence-electron chi connectivity index (χ2n) is 3.67. The molecule has 0 bridgehead atoms. The Bertz CT molecular complexity index is 708. The second kappa shape index (κ2) is 5.66. The SMILES string of the molecule is COc1cncc(C#Cc2ccc(F)c(C#N)c2)c1. The number of rotatable bonds is 1. The Morgan fingerprint density at radius 3 is 2.68 bits per heavy atom. The lowest BCUT2D eigenvalue weighted by molar-refractivity contribution is 0.413. The number of hydrogen-bond acceptors (Lipinski definition) is 3. The van der Waals surface area contributed by atoms with Gasteiger partial charge in [0.25, 0.3) is 0 Å². The van der Waals surface area contributed by atoms with Crippen LogP contribution in [0.4, 0.5) is 4.39 Å². The first kappa shape index (κ1) is 12.6. The van der Waals surface area contributed by atoms with E-state index in [1.807, 2.05) is 0 Å². The molecule has 3 nitrogen and oxygen atoms in total. The minimum absolute atomic E-state index is 0.0180. The molecule has 0 atom stereocenters. The molecule has 0 amide bonds. The van der Waals surface area contributed by atoms with E-state index in [-0.39, 0.29) is 5.56 Å². The van der Waals surface area contributed by atoms with Crippen molar-refractivity contribution in [2.45, 2.75) is 0 Å². The largest absolute Gasteiger partial charge is 0.495 e. The Labute approximate surface area is 110 Å². The minimum atomic E-state index is -0.545. The highest BCUT2D eigenvalue weighted by molar-refractivity contribution is 5.46. The maximum absolute atomic E-state index is 13.1. The van der Waals surface area contributed by atoms with Crippen molar-refractivity contribution in [1.82, 2.24) is 4.98 Å². The molecule has 1 heterocycles. The molecule has 0 radical (unpaired) electrons. The molecule has 92 valence electrons.